The second-order valence-corrected chi connectivity index (χ2v) is 38.5. The number of nitrogens with zero attached hydrogens (tertiary/aromatic N) is 4. The Labute approximate surface area is 635 Å². The van der Waals surface area contributed by atoms with E-state index in [2.05, 4.69) is 245 Å². The first kappa shape index (κ1) is 74.0. The zero-order valence-corrected chi connectivity index (χ0v) is 67.0. The highest BCUT2D eigenvalue weighted by atomic mass is 35.5. The van der Waals surface area contributed by atoms with Crippen LogP contribution in [0.2, 0.25) is 20.1 Å². The van der Waals surface area contributed by atoms with E-state index in [-0.39, 0.29) is 85.7 Å². The molecule has 104 heavy (non-hydrogen) atoms. The lowest BCUT2D eigenvalue weighted by atomic mass is 9.72. The highest BCUT2D eigenvalue weighted by Crippen LogP contribution is 2.55. The van der Waals surface area contributed by atoms with Crippen molar-refractivity contribution in [3.8, 4) is 0 Å². The van der Waals surface area contributed by atoms with Gasteiger partial charge in [0.2, 0.25) is 0 Å². The minimum Gasteiger partial charge on any atom is -0.311 e. The fourth-order valence-electron chi connectivity index (χ4n) is 18.3. The van der Waals surface area contributed by atoms with Gasteiger partial charge in [0.05, 0.1) is 33.6 Å². The van der Waals surface area contributed by atoms with E-state index in [1.165, 1.54) is 32.1 Å². The summed E-state index contributed by atoms with van der Waals surface area (Å²) in [6.45, 7) is 45.7. The predicted octanol–water partition coefficient (Wildman–Crippen LogP) is 27.7. The molecule has 0 bridgehead atoms. The van der Waals surface area contributed by atoms with E-state index in [1.807, 2.05) is 24.3 Å². The molecule has 0 aromatic heterocycles. The molecule has 0 saturated heterocycles. The fourth-order valence-corrected chi connectivity index (χ4v) is 19.5. The van der Waals surface area contributed by atoms with Crippen LogP contribution in [0.1, 0.15) is 228 Å². The normalized spacial score (nSPS) is 14.3. The molecule has 0 spiro atoms. The molecule has 0 fully saturated rings. The van der Waals surface area contributed by atoms with Gasteiger partial charge in [-0.3, -0.25) is 19.2 Å². The summed E-state index contributed by atoms with van der Waals surface area (Å²) >= 11 is 30.1. The van der Waals surface area contributed by atoms with E-state index in [1.54, 1.807) is 48.5 Å². The molecule has 0 unspecified atom stereocenters. The van der Waals surface area contributed by atoms with Gasteiger partial charge in [-0.1, -0.05) is 233 Å². The van der Waals surface area contributed by atoms with Crippen LogP contribution < -0.4 is 19.6 Å². The number of hydrogen-bond acceptors (Lipinski definition) is 6. The van der Waals surface area contributed by atoms with Gasteiger partial charge in [0.25, 0.3) is 23.6 Å². The Balaban J connectivity index is 0.856. The Morgan fingerprint density at radius 2 is 0.423 bits per heavy atom. The second kappa shape index (κ2) is 25.8. The van der Waals surface area contributed by atoms with E-state index in [9.17, 15) is 0 Å². The lowest BCUT2D eigenvalue weighted by Gasteiger charge is -2.34. The monoisotopic (exact) mass is 1460 g/mol. The summed E-state index contributed by atoms with van der Waals surface area (Å²) < 4.78 is 0. The summed E-state index contributed by atoms with van der Waals surface area (Å²) in [6, 6.07) is 56.4. The molecule has 0 atom stereocenters. The number of halogens is 4. The predicted molar refractivity (Wildman–Crippen MR) is 441 cm³/mol. The number of imide groups is 2. The SMILES string of the molecule is CC(C)(C)CC(C)(C)c1ccc(N(c2ccc(N3C(=O)c4cc(Cl)c5c6c(Cl)cc7c8c(cc(Cl)c(c9c(Cl)cc(c4c59)C3=O)c86)C(=O)N(c3ccc(N(c4ccc(C(C)(C)CC(C)(C)C)cc4)c4ccc(C(C)(C)CC(C)(C)C)cc4)cc3)C7=O)cc2)c2ccc(C(C)(C)CC(C)(C)C)cc2)cc1. The summed E-state index contributed by atoms with van der Waals surface area (Å²) in [5.74, 6) is -2.35. The summed E-state index contributed by atoms with van der Waals surface area (Å²) in [5.41, 5.74) is 12.1. The number of fused-ring (bicyclic) bond motifs is 2. The first-order valence-electron chi connectivity index (χ1n) is 36.3. The fraction of sp³-hybridized carbons (Fsp3) is 0.348. The van der Waals surface area contributed by atoms with E-state index >= 15 is 19.2 Å². The number of amides is 4. The van der Waals surface area contributed by atoms with Crippen molar-refractivity contribution in [2.45, 2.75) is 186 Å². The minimum atomic E-state index is -0.587. The van der Waals surface area contributed by atoms with Gasteiger partial charge in [0.15, 0.2) is 0 Å². The van der Waals surface area contributed by atoms with Gasteiger partial charge in [-0.15, -0.1) is 0 Å². The maximum absolute atomic E-state index is 15.4. The summed E-state index contributed by atoms with van der Waals surface area (Å²) in [5, 5.41) is 3.64. The van der Waals surface area contributed by atoms with Gasteiger partial charge >= 0.3 is 0 Å². The Bertz CT molecular complexity index is 4670. The first-order valence-corrected chi connectivity index (χ1v) is 37.8. The van der Waals surface area contributed by atoms with Crippen LogP contribution in [0.15, 0.2) is 170 Å². The number of rotatable bonds is 16. The van der Waals surface area contributed by atoms with Gasteiger partial charge in [-0.05, 0) is 213 Å². The van der Waals surface area contributed by atoms with Crippen LogP contribution >= 0.6 is 46.4 Å². The lowest BCUT2D eigenvalue weighted by Crippen LogP contribution is -2.40. The smallest absolute Gasteiger partial charge is 0.266 e. The number of hydrogen-bond donors (Lipinski definition) is 0. The molecule has 0 radical (unpaired) electrons. The Hall–Kier alpha value is -8.24. The minimum absolute atomic E-state index is 0.0693. The van der Waals surface area contributed by atoms with Crippen molar-refractivity contribution in [2.24, 2.45) is 21.7 Å². The van der Waals surface area contributed by atoms with Crippen LogP contribution in [0.3, 0.4) is 0 Å². The third-order valence-electron chi connectivity index (χ3n) is 21.1. The molecule has 0 N–H and O–H groups in total. The number of carbonyl (C=O) groups excluding carboxylic acids is 4. The van der Waals surface area contributed by atoms with Crippen molar-refractivity contribution in [1.82, 2.24) is 0 Å². The van der Waals surface area contributed by atoms with E-state index in [0.29, 0.717) is 54.5 Å². The quantitative estimate of drug-likeness (QED) is 0.0545. The van der Waals surface area contributed by atoms with E-state index in [0.717, 1.165) is 59.8 Å². The maximum Gasteiger partial charge on any atom is 0.266 e. The van der Waals surface area contributed by atoms with Crippen LogP contribution in [0.4, 0.5) is 45.5 Å². The molecule has 2 aliphatic rings. The van der Waals surface area contributed by atoms with Crippen molar-refractivity contribution in [1.29, 1.82) is 0 Å². The molecular formula is C92H96Cl4N4O4. The Morgan fingerprint density at radius 1 is 0.250 bits per heavy atom. The summed E-state index contributed by atoms with van der Waals surface area (Å²) in [6.07, 6.45) is 4.02. The highest BCUT2D eigenvalue weighted by molar-refractivity contribution is 6.57. The lowest BCUT2D eigenvalue weighted by molar-refractivity contribution is 0.0877. The van der Waals surface area contributed by atoms with Crippen molar-refractivity contribution in [2.75, 3.05) is 19.6 Å². The van der Waals surface area contributed by atoms with Gasteiger partial charge in [0.1, 0.15) is 0 Å². The van der Waals surface area contributed by atoms with Crippen LogP contribution in [-0.4, -0.2) is 23.6 Å². The summed E-state index contributed by atoms with van der Waals surface area (Å²) in [7, 11) is 0. The molecule has 11 aromatic rings. The molecule has 12 heteroatoms. The molecule has 2 heterocycles. The van der Waals surface area contributed by atoms with Crippen molar-refractivity contribution < 1.29 is 19.2 Å². The van der Waals surface area contributed by atoms with Gasteiger partial charge in [0, 0.05) is 97.3 Å². The molecule has 0 saturated carbocycles. The van der Waals surface area contributed by atoms with Crippen LogP contribution in [0.5, 0.6) is 0 Å². The number of anilines is 8. The Kier molecular flexibility index (Phi) is 18.4. The van der Waals surface area contributed by atoms with Gasteiger partial charge < -0.3 is 9.80 Å². The summed E-state index contributed by atoms with van der Waals surface area (Å²) in [4.78, 5) is 68.2. The molecular weight excluding hydrogens is 1370 g/mol. The maximum atomic E-state index is 15.4. The van der Waals surface area contributed by atoms with Crippen molar-refractivity contribution >= 4 is 159 Å². The van der Waals surface area contributed by atoms with Crippen LogP contribution in [0.25, 0.3) is 43.1 Å². The average molecular weight is 1460 g/mol. The molecule has 536 valence electrons. The molecule has 13 rings (SSSR count). The molecule has 2 aliphatic heterocycles. The molecule has 8 nitrogen and oxygen atoms in total. The topological polar surface area (TPSA) is 81.2 Å². The van der Waals surface area contributed by atoms with Crippen molar-refractivity contribution in [3.63, 3.8) is 0 Å². The zero-order chi connectivity index (χ0) is 75.4. The number of benzene rings is 11. The molecule has 0 aliphatic carbocycles. The van der Waals surface area contributed by atoms with Crippen LogP contribution in [0, 0.1) is 21.7 Å². The standard InChI is InChI=1S/C92H96Cl4N4O4/c1-85(2,3)49-89(13,14)53-21-29-57(30-22-53)97(58-31-23-54(24-32-58)90(15,16)50-86(4,5)6)61-37-41-63(42-38-61)99-81(101)65-45-69(93)75-77-71(95)47-67-74-68(48-72(96)78(80(74)77)76-70(94)46-66(82(99)102)73(65)79(75)76)84(104)100(83(67)103)64-43-39-62(40-44-64)98(59-33-25-55(26-34-59)91(17,18)51-87(7,8)9)60-35-27-56(28-36-60)92(19,20)52-88(10,11)12/h21-48H,49-52H2,1-20H3. The third-order valence-corrected chi connectivity index (χ3v) is 22.3. The first-order chi connectivity index (χ1) is 48.3. The third kappa shape index (κ3) is 13.6. The molecule has 4 amide bonds. The van der Waals surface area contributed by atoms with Crippen molar-refractivity contribution in [3.05, 3.63) is 234 Å². The van der Waals surface area contributed by atoms with Gasteiger partial charge in [-0.25, -0.2) is 9.80 Å². The average Bonchev–Trinajstić information content (AvgIpc) is 0.674. The van der Waals surface area contributed by atoms with Crippen LogP contribution in [-0.2, 0) is 21.7 Å². The highest BCUT2D eigenvalue weighted by Gasteiger charge is 2.42. The number of carbonyl (C=O) groups is 4. The van der Waals surface area contributed by atoms with E-state index < -0.39 is 23.6 Å². The Morgan fingerprint density at radius 3 is 0.596 bits per heavy atom. The zero-order valence-electron chi connectivity index (χ0n) is 63.9. The molecule has 11 aromatic carbocycles. The largest absolute Gasteiger partial charge is 0.311 e. The van der Waals surface area contributed by atoms with Gasteiger partial charge in [-0.2, -0.15) is 0 Å². The second-order valence-electron chi connectivity index (χ2n) is 36.9. The van der Waals surface area contributed by atoms with E-state index in [4.69, 9.17) is 46.4 Å².